The number of hydrogen-bond acceptors (Lipinski definition) is 4. The lowest BCUT2D eigenvalue weighted by Crippen LogP contribution is -2.18. The summed E-state index contributed by atoms with van der Waals surface area (Å²) in [4.78, 5) is 19.9. The van der Waals surface area contributed by atoms with E-state index in [2.05, 4.69) is 36.1 Å². The Hall–Kier alpha value is -2.27. The molecule has 0 aliphatic rings. The zero-order valence-electron chi connectivity index (χ0n) is 14.5. The molecule has 0 spiro atoms. The molecule has 0 bridgehead atoms. The maximum Gasteiger partial charge on any atom is 0.335 e. The van der Waals surface area contributed by atoms with Gasteiger partial charge in [0.05, 0.1) is 5.56 Å². The Morgan fingerprint density at radius 3 is 2.75 bits per heavy atom. The lowest BCUT2D eigenvalue weighted by atomic mass is 9.95. The van der Waals surface area contributed by atoms with Crippen LogP contribution in [0.3, 0.4) is 0 Å². The van der Waals surface area contributed by atoms with Crippen molar-refractivity contribution in [1.82, 2.24) is 15.3 Å². The van der Waals surface area contributed by atoms with E-state index in [-0.39, 0.29) is 5.41 Å². The van der Waals surface area contributed by atoms with Crippen LogP contribution in [-0.2, 0) is 18.4 Å². The van der Waals surface area contributed by atoms with Gasteiger partial charge in [0.25, 0.3) is 0 Å². The van der Waals surface area contributed by atoms with Crippen LogP contribution in [0.1, 0.15) is 54.6 Å². The third-order valence-corrected chi connectivity index (χ3v) is 3.67. The molecule has 0 unspecified atom stereocenters. The second kappa shape index (κ2) is 8.02. The first-order valence-electron chi connectivity index (χ1n) is 8.21. The first-order valence-corrected chi connectivity index (χ1v) is 8.21. The van der Waals surface area contributed by atoms with Gasteiger partial charge in [0, 0.05) is 23.9 Å². The molecule has 1 heterocycles. The molecule has 1 aromatic heterocycles. The van der Waals surface area contributed by atoms with Gasteiger partial charge in [-0.3, -0.25) is 0 Å². The lowest BCUT2D eigenvalue weighted by molar-refractivity contribution is 0.0696. The standard InChI is InChI=1S/C19H25N3O2/c1-19(2,3)18-21-11-9-16(22-18)8-5-10-20-13-14-6-4-7-15(12-14)17(23)24/h4,6-7,9,11-12,20H,5,8,10,13H2,1-3H3,(H,23,24). The molecule has 0 fully saturated rings. The zero-order valence-corrected chi connectivity index (χ0v) is 14.5. The van der Waals surface area contributed by atoms with Crippen molar-refractivity contribution in [2.24, 2.45) is 0 Å². The van der Waals surface area contributed by atoms with Crippen LogP contribution in [-0.4, -0.2) is 27.6 Å². The Morgan fingerprint density at radius 1 is 1.25 bits per heavy atom. The molecule has 24 heavy (non-hydrogen) atoms. The zero-order chi connectivity index (χ0) is 17.6. The van der Waals surface area contributed by atoms with E-state index >= 15 is 0 Å². The van der Waals surface area contributed by atoms with Crippen LogP contribution in [0.25, 0.3) is 0 Å². The average Bonchev–Trinajstić information content (AvgIpc) is 2.54. The van der Waals surface area contributed by atoms with Crippen molar-refractivity contribution >= 4 is 5.97 Å². The van der Waals surface area contributed by atoms with Crippen LogP contribution in [0, 0.1) is 0 Å². The number of aryl methyl sites for hydroxylation is 1. The number of aromatic nitrogens is 2. The summed E-state index contributed by atoms with van der Waals surface area (Å²) in [6.45, 7) is 7.85. The van der Waals surface area contributed by atoms with Gasteiger partial charge in [-0.15, -0.1) is 0 Å². The second-order valence-corrected chi connectivity index (χ2v) is 6.91. The van der Waals surface area contributed by atoms with E-state index in [9.17, 15) is 4.79 Å². The molecule has 0 amide bonds. The van der Waals surface area contributed by atoms with Gasteiger partial charge in [-0.1, -0.05) is 32.9 Å². The summed E-state index contributed by atoms with van der Waals surface area (Å²) in [7, 11) is 0. The summed E-state index contributed by atoms with van der Waals surface area (Å²) in [6.07, 6.45) is 3.70. The minimum absolute atomic E-state index is 0.0383. The van der Waals surface area contributed by atoms with E-state index in [4.69, 9.17) is 5.11 Å². The molecule has 0 atom stereocenters. The van der Waals surface area contributed by atoms with E-state index in [1.807, 2.05) is 18.3 Å². The van der Waals surface area contributed by atoms with Gasteiger partial charge >= 0.3 is 5.97 Å². The summed E-state index contributed by atoms with van der Waals surface area (Å²) < 4.78 is 0. The third-order valence-electron chi connectivity index (χ3n) is 3.67. The fourth-order valence-corrected chi connectivity index (χ4v) is 2.34. The van der Waals surface area contributed by atoms with Gasteiger partial charge in [0.2, 0.25) is 0 Å². The van der Waals surface area contributed by atoms with Crippen molar-refractivity contribution in [3.63, 3.8) is 0 Å². The number of hydrogen-bond donors (Lipinski definition) is 2. The molecule has 0 saturated heterocycles. The van der Waals surface area contributed by atoms with Gasteiger partial charge in [0.15, 0.2) is 0 Å². The van der Waals surface area contributed by atoms with Crippen molar-refractivity contribution in [3.05, 3.63) is 59.2 Å². The Balaban J connectivity index is 1.77. The molecule has 1 aromatic carbocycles. The quantitative estimate of drug-likeness (QED) is 0.764. The van der Waals surface area contributed by atoms with E-state index in [0.717, 1.165) is 36.5 Å². The molecule has 5 heteroatoms. The smallest absolute Gasteiger partial charge is 0.335 e. The van der Waals surface area contributed by atoms with Gasteiger partial charge in [-0.2, -0.15) is 0 Å². The van der Waals surface area contributed by atoms with Gasteiger partial charge < -0.3 is 10.4 Å². The van der Waals surface area contributed by atoms with E-state index in [0.29, 0.717) is 12.1 Å². The van der Waals surface area contributed by atoms with Gasteiger partial charge in [-0.25, -0.2) is 14.8 Å². The number of aromatic carboxylic acids is 1. The molecular formula is C19H25N3O2. The maximum atomic E-state index is 11.0. The molecule has 0 aliphatic carbocycles. The van der Waals surface area contributed by atoms with Crippen molar-refractivity contribution in [2.45, 2.75) is 45.6 Å². The fraction of sp³-hybridized carbons (Fsp3) is 0.421. The highest BCUT2D eigenvalue weighted by Crippen LogP contribution is 2.17. The van der Waals surface area contributed by atoms with Crippen LogP contribution in [0.4, 0.5) is 0 Å². The third kappa shape index (κ3) is 5.42. The van der Waals surface area contributed by atoms with Gasteiger partial charge in [-0.05, 0) is 43.1 Å². The van der Waals surface area contributed by atoms with Crippen molar-refractivity contribution in [1.29, 1.82) is 0 Å². The number of nitrogens with zero attached hydrogens (tertiary/aromatic N) is 2. The van der Waals surface area contributed by atoms with E-state index in [1.54, 1.807) is 18.2 Å². The summed E-state index contributed by atoms with van der Waals surface area (Å²) in [6, 6.07) is 8.98. The SMILES string of the molecule is CC(C)(C)c1nccc(CCCNCc2cccc(C(=O)O)c2)n1. The minimum atomic E-state index is -0.893. The topological polar surface area (TPSA) is 75.1 Å². The largest absolute Gasteiger partial charge is 0.478 e. The predicted molar refractivity (Wildman–Crippen MR) is 94.2 cm³/mol. The number of benzene rings is 1. The molecule has 5 nitrogen and oxygen atoms in total. The molecule has 2 N–H and O–H groups in total. The number of carboxylic acid groups (broad SMARTS) is 1. The summed E-state index contributed by atoms with van der Waals surface area (Å²) in [5.74, 6) is -0.0197. The predicted octanol–water partition coefficient (Wildman–Crippen LogP) is 3.19. The molecule has 2 rings (SSSR count). The Morgan fingerprint density at radius 2 is 2.04 bits per heavy atom. The minimum Gasteiger partial charge on any atom is -0.478 e. The first kappa shape index (κ1) is 18.1. The highest BCUT2D eigenvalue weighted by molar-refractivity contribution is 5.87. The number of nitrogens with one attached hydrogen (secondary N) is 1. The maximum absolute atomic E-state index is 11.0. The second-order valence-electron chi connectivity index (χ2n) is 6.91. The van der Waals surface area contributed by atoms with Crippen molar-refractivity contribution < 1.29 is 9.90 Å². The monoisotopic (exact) mass is 327 g/mol. The summed E-state index contributed by atoms with van der Waals surface area (Å²) in [5.41, 5.74) is 2.32. The molecule has 0 radical (unpaired) electrons. The molecule has 2 aromatic rings. The van der Waals surface area contributed by atoms with Crippen molar-refractivity contribution in [3.8, 4) is 0 Å². The van der Waals surface area contributed by atoms with Crippen molar-refractivity contribution in [2.75, 3.05) is 6.54 Å². The van der Waals surface area contributed by atoms with Crippen LogP contribution < -0.4 is 5.32 Å². The molecule has 0 aliphatic heterocycles. The van der Waals surface area contributed by atoms with Crippen LogP contribution in [0.5, 0.6) is 0 Å². The Kier molecular flexibility index (Phi) is 6.04. The van der Waals surface area contributed by atoms with Gasteiger partial charge in [0.1, 0.15) is 5.82 Å². The van der Waals surface area contributed by atoms with Crippen LogP contribution in [0.2, 0.25) is 0 Å². The molecule has 0 saturated carbocycles. The molecule has 128 valence electrons. The Labute approximate surface area is 143 Å². The number of carbonyl (C=O) groups is 1. The van der Waals surface area contributed by atoms with Crippen LogP contribution in [0.15, 0.2) is 36.5 Å². The fourth-order valence-electron chi connectivity index (χ4n) is 2.34. The average molecular weight is 327 g/mol. The Bertz CT molecular complexity index is 693. The number of rotatable bonds is 7. The van der Waals surface area contributed by atoms with E-state index < -0.39 is 5.97 Å². The highest BCUT2D eigenvalue weighted by Gasteiger charge is 2.17. The van der Waals surface area contributed by atoms with E-state index in [1.165, 1.54) is 0 Å². The molecular weight excluding hydrogens is 302 g/mol. The summed E-state index contributed by atoms with van der Waals surface area (Å²) in [5, 5.41) is 12.3. The number of carboxylic acids is 1. The van der Waals surface area contributed by atoms with Crippen LogP contribution >= 0.6 is 0 Å². The highest BCUT2D eigenvalue weighted by atomic mass is 16.4. The normalized spacial score (nSPS) is 11.5. The summed E-state index contributed by atoms with van der Waals surface area (Å²) >= 11 is 0. The first-order chi connectivity index (χ1) is 11.4. The lowest BCUT2D eigenvalue weighted by Gasteiger charge is -2.16.